The molecule has 2 N–H and O–H groups in total. The summed E-state index contributed by atoms with van der Waals surface area (Å²) in [5.74, 6) is 0.765. The molecule has 1 aromatic rings. The number of methoxy groups -OCH3 is 1. The molecule has 0 amide bonds. The third kappa shape index (κ3) is 2.25. The molecule has 0 saturated heterocycles. The molecule has 1 aromatic carbocycles. The van der Waals surface area contributed by atoms with Gasteiger partial charge in [0, 0.05) is 24.6 Å². The highest BCUT2D eigenvalue weighted by Crippen LogP contribution is 2.28. The van der Waals surface area contributed by atoms with E-state index in [1.54, 1.807) is 13.2 Å². The van der Waals surface area contributed by atoms with Gasteiger partial charge in [-0.15, -0.1) is 0 Å². The smallest absolute Gasteiger partial charge is 0.128 e. The molecular weight excluding hydrogens is 214 g/mol. The first-order valence-electron chi connectivity index (χ1n) is 4.91. The minimum absolute atomic E-state index is 0.0102. The van der Waals surface area contributed by atoms with Crippen LogP contribution in [0.5, 0.6) is 5.75 Å². The van der Waals surface area contributed by atoms with E-state index in [1.807, 2.05) is 18.2 Å². The van der Waals surface area contributed by atoms with Crippen molar-refractivity contribution in [3.8, 4) is 5.75 Å². The van der Waals surface area contributed by atoms with Crippen molar-refractivity contribution < 1.29 is 9.47 Å². The fourth-order valence-electron chi connectivity index (χ4n) is 1.77. The van der Waals surface area contributed by atoms with Gasteiger partial charge in [0.05, 0.1) is 0 Å². The molecular formula is C11H14ClNO2. The second-order valence-corrected chi connectivity index (χ2v) is 4.15. The summed E-state index contributed by atoms with van der Waals surface area (Å²) in [5, 5.41) is 0.671. The fourth-order valence-corrected chi connectivity index (χ4v) is 1.95. The first-order chi connectivity index (χ1) is 7.20. The van der Waals surface area contributed by atoms with Crippen molar-refractivity contribution in [3.63, 3.8) is 0 Å². The third-order valence-corrected chi connectivity index (χ3v) is 2.88. The molecule has 1 fully saturated rings. The number of nitrogens with two attached hydrogens (primary N) is 1. The first-order valence-corrected chi connectivity index (χ1v) is 5.29. The Labute approximate surface area is 94.1 Å². The van der Waals surface area contributed by atoms with Crippen LogP contribution >= 0.6 is 11.6 Å². The zero-order valence-corrected chi connectivity index (χ0v) is 9.28. The van der Waals surface area contributed by atoms with Gasteiger partial charge in [0.25, 0.3) is 0 Å². The minimum Gasteiger partial charge on any atom is -0.488 e. The lowest BCUT2D eigenvalue weighted by molar-refractivity contribution is -0.0782. The van der Waals surface area contributed by atoms with Crippen LogP contribution in [0, 0.1) is 0 Å². The Bertz CT molecular complexity index is 345. The average molecular weight is 228 g/mol. The van der Waals surface area contributed by atoms with Crippen LogP contribution in [-0.4, -0.2) is 25.4 Å². The second-order valence-electron chi connectivity index (χ2n) is 3.71. The number of hydrogen-bond acceptors (Lipinski definition) is 3. The molecule has 2 rings (SSSR count). The van der Waals surface area contributed by atoms with Crippen LogP contribution < -0.4 is 10.5 Å². The lowest BCUT2D eigenvalue weighted by Gasteiger charge is -2.40. The molecule has 0 aromatic heterocycles. The van der Waals surface area contributed by atoms with Crippen molar-refractivity contribution >= 4 is 11.6 Å². The molecule has 0 aliphatic heterocycles. The van der Waals surface area contributed by atoms with Gasteiger partial charge in [0.2, 0.25) is 0 Å². The Morgan fingerprint density at radius 3 is 2.87 bits per heavy atom. The molecule has 3 nitrogen and oxygen atoms in total. The molecule has 0 heterocycles. The van der Waals surface area contributed by atoms with E-state index in [0.717, 1.165) is 12.2 Å². The number of rotatable bonds is 3. The molecule has 1 aliphatic rings. The van der Waals surface area contributed by atoms with E-state index in [0.29, 0.717) is 5.02 Å². The van der Waals surface area contributed by atoms with Crippen molar-refractivity contribution in [2.24, 2.45) is 5.73 Å². The molecule has 1 aliphatic carbocycles. The minimum atomic E-state index is -0.0102. The highest BCUT2D eigenvalue weighted by atomic mass is 35.5. The van der Waals surface area contributed by atoms with Crippen LogP contribution in [0.1, 0.15) is 6.42 Å². The van der Waals surface area contributed by atoms with Gasteiger partial charge in [-0.25, -0.2) is 0 Å². The van der Waals surface area contributed by atoms with Crippen molar-refractivity contribution in [2.75, 3.05) is 7.11 Å². The van der Waals surface area contributed by atoms with Gasteiger partial charge in [-0.2, -0.15) is 0 Å². The first kappa shape index (κ1) is 10.7. The summed E-state index contributed by atoms with van der Waals surface area (Å²) in [5.41, 5.74) is 5.78. The lowest BCUT2D eigenvalue weighted by atomic mass is 9.86. The van der Waals surface area contributed by atoms with Crippen molar-refractivity contribution in [2.45, 2.75) is 24.7 Å². The monoisotopic (exact) mass is 227 g/mol. The molecule has 3 unspecified atom stereocenters. The largest absolute Gasteiger partial charge is 0.488 e. The average Bonchev–Trinajstić information content (AvgIpc) is 2.17. The topological polar surface area (TPSA) is 44.5 Å². The maximum absolute atomic E-state index is 5.85. The molecule has 0 spiro atoms. The zero-order valence-electron chi connectivity index (χ0n) is 8.52. The summed E-state index contributed by atoms with van der Waals surface area (Å²) in [6.07, 6.45) is 0.859. The van der Waals surface area contributed by atoms with E-state index in [1.165, 1.54) is 0 Å². The Kier molecular flexibility index (Phi) is 3.14. The van der Waals surface area contributed by atoms with E-state index < -0.39 is 0 Å². The highest BCUT2D eigenvalue weighted by molar-refractivity contribution is 6.30. The SMILES string of the molecule is COC1C(N)CC1Oc1cccc(Cl)c1. The zero-order chi connectivity index (χ0) is 10.8. The molecule has 82 valence electrons. The molecule has 1 saturated carbocycles. The highest BCUT2D eigenvalue weighted by Gasteiger charge is 2.40. The van der Waals surface area contributed by atoms with Crippen molar-refractivity contribution in [1.29, 1.82) is 0 Å². The van der Waals surface area contributed by atoms with Crippen LogP contribution in [0.4, 0.5) is 0 Å². The number of benzene rings is 1. The molecule has 15 heavy (non-hydrogen) atoms. The maximum atomic E-state index is 5.85. The Hall–Kier alpha value is -0.770. The molecule has 3 atom stereocenters. The Morgan fingerprint density at radius 1 is 1.47 bits per heavy atom. The summed E-state index contributed by atoms with van der Waals surface area (Å²) in [6, 6.07) is 7.42. The summed E-state index contributed by atoms with van der Waals surface area (Å²) in [7, 11) is 1.65. The van der Waals surface area contributed by atoms with Gasteiger partial charge in [-0.05, 0) is 18.2 Å². The summed E-state index contributed by atoms with van der Waals surface area (Å²) < 4.78 is 10.9. The number of ether oxygens (including phenoxy) is 2. The van der Waals surface area contributed by atoms with Crippen LogP contribution in [0.3, 0.4) is 0 Å². The Morgan fingerprint density at radius 2 is 2.27 bits per heavy atom. The number of halogens is 1. The van der Waals surface area contributed by atoms with E-state index in [-0.39, 0.29) is 18.2 Å². The third-order valence-electron chi connectivity index (χ3n) is 2.65. The summed E-state index contributed by atoms with van der Waals surface area (Å²) in [6.45, 7) is 0. The van der Waals surface area contributed by atoms with E-state index in [2.05, 4.69) is 0 Å². The van der Waals surface area contributed by atoms with Gasteiger partial charge in [-0.3, -0.25) is 0 Å². The van der Waals surface area contributed by atoms with Crippen LogP contribution in [0.25, 0.3) is 0 Å². The predicted octanol–water partition coefficient (Wildman–Crippen LogP) is 1.83. The van der Waals surface area contributed by atoms with E-state index in [4.69, 9.17) is 26.8 Å². The van der Waals surface area contributed by atoms with Gasteiger partial charge >= 0.3 is 0 Å². The molecule has 0 bridgehead atoms. The van der Waals surface area contributed by atoms with Crippen LogP contribution in [-0.2, 0) is 4.74 Å². The van der Waals surface area contributed by atoms with Crippen molar-refractivity contribution in [3.05, 3.63) is 29.3 Å². The van der Waals surface area contributed by atoms with E-state index in [9.17, 15) is 0 Å². The standard InChI is InChI=1S/C11H14ClNO2/c1-14-11-9(13)6-10(11)15-8-4-2-3-7(12)5-8/h2-5,9-11H,6,13H2,1H3. The van der Waals surface area contributed by atoms with Gasteiger partial charge < -0.3 is 15.2 Å². The fraction of sp³-hybridized carbons (Fsp3) is 0.455. The van der Waals surface area contributed by atoms with Gasteiger partial charge in [0.15, 0.2) is 0 Å². The Balaban J connectivity index is 1.98. The second kappa shape index (κ2) is 4.39. The molecule has 0 radical (unpaired) electrons. The quantitative estimate of drug-likeness (QED) is 0.857. The normalized spacial score (nSPS) is 29.7. The number of hydrogen-bond donors (Lipinski definition) is 1. The molecule has 4 heteroatoms. The summed E-state index contributed by atoms with van der Waals surface area (Å²) >= 11 is 5.85. The van der Waals surface area contributed by atoms with Gasteiger partial charge in [0.1, 0.15) is 18.0 Å². The maximum Gasteiger partial charge on any atom is 0.128 e. The van der Waals surface area contributed by atoms with E-state index >= 15 is 0 Å². The summed E-state index contributed by atoms with van der Waals surface area (Å²) in [4.78, 5) is 0. The van der Waals surface area contributed by atoms with Crippen molar-refractivity contribution in [1.82, 2.24) is 0 Å². The van der Waals surface area contributed by atoms with Crippen LogP contribution in [0.2, 0.25) is 5.02 Å². The van der Waals surface area contributed by atoms with Crippen LogP contribution in [0.15, 0.2) is 24.3 Å². The van der Waals surface area contributed by atoms with Gasteiger partial charge in [-0.1, -0.05) is 17.7 Å². The lowest BCUT2D eigenvalue weighted by Crippen LogP contribution is -2.59. The predicted molar refractivity (Wildman–Crippen MR) is 59.3 cm³/mol.